The molecule has 2 N–H and O–H groups in total. The topological polar surface area (TPSA) is 82.5 Å². The number of aliphatic carboxylic acids is 1. The summed E-state index contributed by atoms with van der Waals surface area (Å²) < 4.78 is 1.02. The number of fused-ring (bicyclic) bond motifs is 1. The molecule has 3 heterocycles. The van der Waals surface area contributed by atoms with Gasteiger partial charge >= 0.3 is 5.97 Å². The van der Waals surface area contributed by atoms with Crippen LogP contribution in [0.25, 0.3) is 9.53 Å². The van der Waals surface area contributed by atoms with Crippen molar-refractivity contribution in [3.8, 4) is 0 Å². The van der Waals surface area contributed by atoms with Crippen LogP contribution in [0.15, 0.2) is 6.07 Å². The summed E-state index contributed by atoms with van der Waals surface area (Å²) in [6, 6.07) is 1.84. The minimum Gasteiger partial charge on any atom is -0.481 e. The lowest BCUT2D eigenvalue weighted by Crippen LogP contribution is -2.25. The number of nitrogens with zero attached hydrogens (tertiary/aromatic N) is 2. The smallest absolute Gasteiger partial charge is 0.305 e. The maximum absolute atomic E-state index is 11.9. The second kappa shape index (κ2) is 5.98. The van der Waals surface area contributed by atoms with Crippen LogP contribution >= 0.6 is 22.7 Å². The van der Waals surface area contributed by atoms with Crippen molar-refractivity contribution < 1.29 is 14.7 Å². The fraction of sp³-hybridized carbons (Fsp3) is 0.462. The third-order valence-corrected chi connectivity index (χ3v) is 5.52. The Hall–Kier alpha value is -1.67. The highest BCUT2D eigenvalue weighted by Crippen LogP contribution is 2.35. The number of hydrogen-bond donors (Lipinski definition) is 2. The van der Waals surface area contributed by atoms with Crippen LogP contribution in [-0.4, -0.2) is 41.6 Å². The fourth-order valence-corrected chi connectivity index (χ4v) is 4.43. The Labute approximate surface area is 129 Å². The van der Waals surface area contributed by atoms with Crippen LogP contribution in [0.1, 0.15) is 28.9 Å². The average molecular weight is 325 g/mol. The van der Waals surface area contributed by atoms with Gasteiger partial charge in [0.1, 0.15) is 4.83 Å². The van der Waals surface area contributed by atoms with E-state index in [0.717, 1.165) is 27.8 Å². The van der Waals surface area contributed by atoms with Crippen LogP contribution in [0, 0.1) is 0 Å². The summed E-state index contributed by atoms with van der Waals surface area (Å²) in [5, 5.41) is 12.2. The molecule has 1 amide bonds. The number of carboxylic acid groups (broad SMARTS) is 1. The Bertz CT molecular complexity index is 642. The third-order valence-electron chi connectivity index (χ3n) is 3.30. The highest BCUT2D eigenvalue weighted by atomic mass is 32.1. The van der Waals surface area contributed by atoms with E-state index in [0.29, 0.717) is 4.88 Å². The van der Waals surface area contributed by atoms with Crippen LogP contribution in [0.4, 0.5) is 5.13 Å². The molecule has 3 rings (SSSR count). The molecular weight excluding hydrogens is 310 g/mol. The minimum atomic E-state index is -0.917. The monoisotopic (exact) mass is 325 g/mol. The number of thiophene rings is 1. The van der Waals surface area contributed by atoms with E-state index in [2.05, 4.69) is 15.2 Å². The summed E-state index contributed by atoms with van der Waals surface area (Å²) >= 11 is 2.97. The van der Waals surface area contributed by atoms with Crippen molar-refractivity contribution in [3.05, 3.63) is 10.9 Å². The molecule has 0 radical (unpaired) electrons. The van der Waals surface area contributed by atoms with E-state index in [-0.39, 0.29) is 18.9 Å². The number of hydrogen-bond acceptors (Lipinski definition) is 6. The molecule has 0 aromatic carbocycles. The first-order valence-electron chi connectivity index (χ1n) is 6.79. The lowest BCUT2D eigenvalue weighted by atomic mass is 10.4. The number of thiazole rings is 1. The Morgan fingerprint density at radius 1 is 1.33 bits per heavy atom. The number of anilines is 1. The highest BCUT2D eigenvalue weighted by Gasteiger charge is 2.19. The molecule has 1 fully saturated rings. The van der Waals surface area contributed by atoms with Gasteiger partial charge in [-0.2, -0.15) is 0 Å². The molecular formula is C13H15N3O3S2. The molecule has 112 valence electrons. The molecule has 2 aromatic rings. The summed E-state index contributed by atoms with van der Waals surface area (Å²) in [5.74, 6) is -1.14. The van der Waals surface area contributed by atoms with Gasteiger partial charge in [0.15, 0.2) is 5.13 Å². The molecule has 8 heteroatoms. The average Bonchev–Trinajstić information content (AvgIpc) is 3.12. The van der Waals surface area contributed by atoms with Crippen molar-refractivity contribution in [1.29, 1.82) is 0 Å². The molecule has 2 aromatic heterocycles. The number of nitrogens with one attached hydrogen (secondary N) is 1. The van der Waals surface area contributed by atoms with E-state index >= 15 is 0 Å². The van der Waals surface area contributed by atoms with Crippen LogP contribution in [0.5, 0.6) is 0 Å². The van der Waals surface area contributed by atoms with Gasteiger partial charge in [-0.3, -0.25) is 9.59 Å². The van der Waals surface area contributed by atoms with Gasteiger partial charge in [-0.05, 0) is 18.9 Å². The Balaban J connectivity index is 1.68. The molecule has 1 aliphatic heterocycles. The van der Waals surface area contributed by atoms with Crippen molar-refractivity contribution in [3.63, 3.8) is 0 Å². The first-order chi connectivity index (χ1) is 10.1. The number of rotatable bonds is 5. The summed E-state index contributed by atoms with van der Waals surface area (Å²) in [5.41, 5.74) is 0. The quantitative estimate of drug-likeness (QED) is 0.880. The lowest BCUT2D eigenvalue weighted by Gasteiger charge is -2.11. The molecule has 0 saturated carbocycles. The van der Waals surface area contributed by atoms with Crippen molar-refractivity contribution in [2.45, 2.75) is 19.3 Å². The van der Waals surface area contributed by atoms with Crippen LogP contribution in [0.2, 0.25) is 0 Å². The zero-order valence-corrected chi connectivity index (χ0v) is 12.9. The lowest BCUT2D eigenvalue weighted by molar-refractivity contribution is -0.136. The van der Waals surface area contributed by atoms with E-state index < -0.39 is 5.97 Å². The molecule has 21 heavy (non-hydrogen) atoms. The van der Waals surface area contributed by atoms with E-state index in [1.807, 2.05) is 6.07 Å². The van der Waals surface area contributed by atoms with Gasteiger partial charge in [0, 0.05) is 19.6 Å². The van der Waals surface area contributed by atoms with Crippen molar-refractivity contribution in [2.75, 3.05) is 24.5 Å². The number of carboxylic acids is 1. The van der Waals surface area contributed by atoms with E-state index in [1.165, 1.54) is 24.2 Å². The highest BCUT2D eigenvalue weighted by molar-refractivity contribution is 7.29. The molecule has 0 aliphatic carbocycles. The van der Waals surface area contributed by atoms with Crippen LogP contribution < -0.4 is 10.2 Å². The van der Waals surface area contributed by atoms with Crippen LogP contribution in [-0.2, 0) is 4.79 Å². The van der Waals surface area contributed by atoms with Gasteiger partial charge in [-0.15, -0.1) is 11.3 Å². The molecule has 6 nitrogen and oxygen atoms in total. The molecule has 0 atom stereocenters. The zero-order valence-electron chi connectivity index (χ0n) is 11.3. The summed E-state index contributed by atoms with van der Waals surface area (Å²) in [6.07, 6.45) is 2.36. The van der Waals surface area contributed by atoms with E-state index in [4.69, 9.17) is 5.11 Å². The van der Waals surface area contributed by atoms with Gasteiger partial charge in [0.2, 0.25) is 0 Å². The number of amides is 1. The second-order valence-electron chi connectivity index (χ2n) is 4.87. The maximum Gasteiger partial charge on any atom is 0.305 e. The van der Waals surface area contributed by atoms with Gasteiger partial charge < -0.3 is 15.3 Å². The van der Waals surface area contributed by atoms with Gasteiger partial charge in [-0.25, -0.2) is 4.98 Å². The first kappa shape index (κ1) is 14.3. The third kappa shape index (κ3) is 3.16. The SMILES string of the molecule is O=C(O)CCNC(=O)c1cc2sc(N3CCCC3)nc2s1. The molecule has 0 spiro atoms. The largest absolute Gasteiger partial charge is 0.481 e. The van der Waals surface area contributed by atoms with Gasteiger partial charge in [-0.1, -0.05) is 11.3 Å². The molecule has 0 unspecified atom stereocenters. The number of carbonyl (C=O) groups excluding carboxylic acids is 1. The maximum atomic E-state index is 11.9. The normalized spacial score (nSPS) is 14.8. The standard InChI is InChI=1S/C13H15N3O3S2/c17-10(18)3-4-14-11(19)8-7-9-12(20-8)15-13(21-9)16-5-1-2-6-16/h7H,1-6H2,(H,14,19)(H,17,18). The summed E-state index contributed by atoms with van der Waals surface area (Å²) in [7, 11) is 0. The van der Waals surface area contributed by atoms with Gasteiger partial charge in [0.05, 0.1) is 16.0 Å². The molecule has 1 saturated heterocycles. The van der Waals surface area contributed by atoms with Crippen molar-refractivity contribution in [2.24, 2.45) is 0 Å². The Morgan fingerprint density at radius 2 is 2.10 bits per heavy atom. The predicted molar refractivity (Wildman–Crippen MR) is 83.5 cm³/mol. The minimum absolute atomic E-state index is 0.0666. The van der Waals surface area contributed by atoms with Crippen molar-refractivity contribution in [1.82, 2.24) is 10.3 Å². The molecule has 0 bridgehead atoms. The van der Waals surface area contributed by atoms with E-state index in [9.17, 15) is 9.59 Å². The summed E-state index contributed by atoms with van der Waals surface area (Å²) in [4.78, 5) is 30.7. The number of carbonyl (C=O) groups is 2. The van der Waals surface area contributed by atoms with E-state index in [1.54, 1.807) is 11.3 Å². The first-order valence-corrected chi connectivity index (χ1v) is 8.42. The van der Waals surface area contributed by atoms with Crippen molar-refractivity contribution >= 4 is 49.2 Å². The zero-order chi connectivity index (χ0) is 14.8. The molecule has 1 aliphatic rings. The van der Waals surface area contributed by atoms with Crippen LogP contribution in [0.3, 0.4) is 0 Å². The second-order valence-corrected chi connectivity index (χ2v) is 6.91. The Morgan fingerprint density at radius 3 is 2.76 bits per heavy atom. The fourth-order valence-electron chi connectivity index (χ4n) is 2.25. The Kier molecular flexibility index (Phi) is 4.07. The van der Waals surface area contributed by atoms with Gasteiger partial charge in [0.25, 0.3) is 5.91 Å². The summed E-state index contributed by atoms with van der Waals surface area (Å²) in [6.45, 7) is 2.26. The predicted octanol–water partition coefficient (Wildman–Crippen LogP) is 2.16. The number of aromatic nitrogens is 1.